The Morgan fingerprint density at radius 1 is 1.36 bits per heavy atom. The number of rotatable bonds is 3. The predicted molar refractivity (Wildman–Crippen MR) is 88.1 cm³/mol. The lowest BCUT2D eigenvalue weighted by Gasteiger charge is -2.28. The second-order valence-electron chi connectivity index (χ2n) is 5.91. The van der Waals surface area contributed by atoms with Crippen LogP contribution in [-0.2, 0) is 4.74 Å². The van der Waals surface area contributed by atoms with Crippen molar-refractivity contribution in [2.24, 2.45) is 5.92 Å². The standard InChI is InChI=1S/C17H21NO3S/c1-11-6-8-18(9-7-11)22-13-4-5-15-14(10-13)12(2)16(21-15)17(19)20-3/h4-5,10-11H,6-9H2,1-3H3. The molecule has 22 heavy (non-hydrogen) atoms. The van der Waals surface area contributed by atoms with Gasteiger partial charge in [-0.3, -0.25) is 0 Å². The number of hydrogen-bond acceptors (Lipinski definition) is 5. The van der Waals surface area contributed by atoms with Gasteiger partial charge in [-0.05, 0) is 55.8 Å². The molecule has 0 unspecified atom stereocenters. The number of benzene rings is 1. The SMILES string of the molecule is COC(=O)c1oc2ccc(SN3CCC(C)CC3)cc2c1C. The summed E-state index contributed by atoms with van der Waals surface area (Å²) in [6, 6.07) is 6.09. The molecule has 2 aromatic rings. The van der Waals surface area contributed by atoms with E-state index in [0.717, 1.165) is 35.5 Å². The molecule has 118 valence electrons. The van der Waals surface area contributed by atoms with Crippen molar-refractivity contribution in [3.63, 3.8) is 0 Å². The Labute approximate surface area is 134 Å². The van der Waals surface area contributed by atoms with Crippen molar-refractivity contribution in [2.45, 2.75) is 31.6 Å². The smallest absolute Gasteiger partial charge is 0.374 e. The number of nitrogens with zero attached hydrogens (tertiary/aromatic N) is 1. The summed E-state index contributed by atoms with van der Waals surface area (Å²) >= 11 is 1.79. The number of ether oxygens (including phenoxy) is 1. The first-order chi connectivity index (χ1) is 10.6. The molecule has 0 N–H and O–H groups in total. The van der Waals surface area contributed by atoms with E-state index in [1.54, 1.807) is 11.9 Å². The average Bonchev–Trinajstić information content (AvgIpc) is 2.86. The number of hydrogen-bond donors (Lipinski definition) is 0. The maximum Gasteiger partial charge on any atom is 0.374 e. The topological polar surface area (TPSA) is 42.7 Å². The fraction of sp³-hybridized carbons (Fsp3) is 0.471. The third kappa shape index (κ3) is 3.01. The normalized spacial score (nSPS) is 17.0. The second kappa shape index (κ2) is 6.34. The number of methoxy groups -OCH3 is 1. The Morgan fingerprint density at radius 2 is 2.09 bits per heavy atom. The van der Waals surface area contributed by atoms with Gasteiger partial charge in [0.2, 0.25) is 5.76 Å². The Bertz CT molecular complexity index is 687. The van der Waals surface area contributed by atoms with Crippen molar-refractivity contribution in [3.8, 4) is 0 Å². The molecule has 1 aliphatic heterocycles. The lowest BCUT2D eigenvalue weighted by molar-refractivity contribution is 0.0566. The van der Waals surface area contributed by atoms with Gasteiger partial charge in [-0.1, -0.05) is 6.92 Å². The summed E-state index contributed by atoms with van der Waals surface area (Å²) in [6.07, 6.45) is 2.51. The molecule has 1 aromatic heterocycles. The molecular formula is C17H21NO3S. The minimum absolute atomic E-state index is 0.298. The van der Waals surface area contributed by atoms with E-state index in [-0.39, 0.29) is 0 Å². The van der Waals surface area contributed by atoms with Gasteiger partial charge in [0.25, 0.3) is 0 Å². The monoisotopic (exact) mass is 319 g/mol. The van der Waals surface area contributed by atoms with E-state index < -0.39 is 5.97 Å². The van der Waals surface area contributed by atoms with Crippen molar-refractivity contribution >= 4 is 28.9 Å². The Morgan fingerprint density at radius 3 is 2.77 bits per heavy atom. The molecule has 0 radical (unpaired) electrons. The quantitative estimate of drug-likeness (QED) is 0.624. The van der Waals surface area contributed by atoms with Crippen molar-refractivity contribution in [1.82, 2.24) is 4.31 Å². The van der Waals surface area contributed by atoms with Gasteiger partial charge in [-0.25, -0.2) is 9.10 Å². The first kappa shape index (κ1) is 15.4. The molecule has 0 amide bonds. The van der Waals surface area contributed by atoms with Crippen LogP contribution in [0, 0.1) is 12.8 Å². The zero-order chi connectivity index (χ0) is 15.7. The van der Waals surface area contributed by atoms with E-state index in [0.29, 0.717) is 5.76 Å². The van der Waals surface area contributed by atoms with Gasteiger partial charge in [-0.15, -0.1) is 0 Å². The fourth-order valence-electron chi connectivity index (χ4n) is 2.77. The van der Waals surface area contributed by atoms with Crippen molar-refractivity contribution in [3.05, 3.63) is 29.5 Å². The summed E-state index contributed by atoms with van der Waals surface area (Å²) in [4.78, 5) is 12.9. The maximum absolute atomic E-state index is 11.7. The van der Waals surface area contributed by atoms with Crippen LogP contribution in [0.4, 0.5) is 0 Å². The molecule has 0 bridgehead atoms. The van der Waals surface area contributed by atoms with E-state index >= 15 is 0 Å². The van der Waals surface area contributed by atoms with E-state index in [1.807, 2.05) is 13.0 Å². The highest BCUT2D eigenvalue weighted by Crippen LogP contribution is 2.33. The van der Waals surface area contributed by atoms with Gasteiger partial charge >= 0.3 is 5.97 Å². The van der Waals surface area contributed by atoms with Crippen LogP contribution in [0.3, 0.4) is 0 Å². The Balaban J connectivity index is 1.83. The van der Waals surface area contributed by atoms with Crippen molar-refractivity contribution in [1.29, 1.82) is 0 Å². The van der Waals surface area contributed by atoms with Crippen LogP contribution in [0.2, 0.25) is 0 Å². The van der Waals surface area contributed by atoms with Gasteiger partial charge in [0.05, 0.1) is 7.11 Å². The molecule has 2 heterocycles. The number of aryl methyl sites for hydroxylation is 1. The van der Waals surface area contributed by atoms with Crippen LogP contribution in [0.5, 0.6) is 0 Å². The fourth-order valence-corrected chi connectivity index (χ4v) is 3.76. The van der Waals surface area contributed by atoms with Gasteiger partial charge in [0.1, 0.15) is 5.58 Å². The summed E-state index contributed by atoms with van der Waals surface area (Å²) < 4.78 is 12.8. The highest BCUT2D eigenvalue weighted by atomic mass is 32.2. The van der Waals surface area contributed by atoms with Crippen LogP contribution in [0.25, 0.3) is 11.0 Å². The molecule has 0 aliphatic carbocycles. The summed E-state index contributed by atoms with van der Waals surface area (Å²) in [7, 11) is 1.37. The minimum Gasteiger partial charge on any atom is -0.463 e. The molecule has 3 rings (SSSR count). The van der Waals surface area contributed by atoms with Gasteiger partial charge < -0.3 is 9.15 Å². The number of esters is 1. The minimum atomic E-state index is -0.423. The molecule has 0 spiro atoms. The third-order valence-electron chi connectivity index (χ3n) is 4.26. The maximum atomic E-state index is 11.7. The van der Waals surface area contributed by atoms with Crippen LogP contribution in [-0.4, -0.2) is 30.5 Å². The van der Waals surface area contributed by atoms with Crippen LogP contribution < -0.4 is 0 Å². The lowest BCUT2D eigenvalue weighted by Crippen LogP contribution is -2.27. The molecule has 1 fully saturated rings. The largest absolute Gasteiger partial charge is 0.463 e. The lowest BCUT2D eigenvalue weighted by atomic mass is 10.0. The van der Waals surface area contributed by atoms with Gasteiger partial charge in [-0.2, -0.15) is 0 Å². The van der Waals surface area contributed by atoms with E-state index in [4.69, 9.17) is 9.15 Å². The molecule has 1 aromatic carbocycles. The van der Waals surface area contributed by atoms with E-state index in [2.05, 4.69) is 23.4 Å². The van der Waals surface area contributed by atoms with Crippen LogP contribution in [0.15, 0.2) is 27.5 Å². The predicted octanol–water partition coefficient (Wildman–Crippen LogP) is 4.27. The summed E-state index contributed by atoms with van der Waals surface area (Å²) in [5, 5.41) is 0.982. The molecule has 5 heteroatoms. The number of fused-ring (bicyclic) bond motifs is 1. The van der Waals surface area contributed by atoms with Crippen molar-refractivity contribution in [2.75, 3.05) is 20.2 Å². The van der Waals surface area contributed by atoms with Gasteiger partial charge in [0.15, 0.2) is 0 Å². The van der Waals surface area contributed by atoms with Crippen molar-refractivity contribution < 1.29 is 13.9 Å². The summed E-state index contributed by atoms with van der Waals surface area (Å²) in [5.41, 5.74) is 1.58. The first-order valence-electron chi connectivity index (χ1n) is 7.63. The average molecular weight is 319 g/mol. The molecule has 1 saturated heterocycles. The molecule has 0 saturated carbocycles. The highest BCUT2D eigenvalue weighted by Gasteiger charge is 2.20. The Hall–Kier alpha value is -1.46. The molecule has 1 aliphatic rings. The van der Waals surface area contributed by atoms with Gasteiger partial charge in [0, 0.05) is 28.9 Å². The van der Waals surface area contributed by atoms with Crippen LogP contribution >= 0.6 is 11.9 Å². The van der Waals surface area contributed by atoms with E-state index in [1.165, 1.54) is 24.8 Å². The summed E-state index contributed by atoms with van der Waals surface area (Å²) in [6.45, 7) is 6.47. The number of furan rings is 1. The van der Waals surface area contributed by atoms with E-state index in [9.17, 15) is 4.79 Å². The molecular weight excluding hydrogens is 298 g/mol. The molecule has 0 atom stereocenters. The number of carbonyl (C=O) groups is 1. The Kier molecular flexibility index (Phi) is 4.45. The zero-order valence-electron chi connectivity index (χ0n) is 13.2. The first-order valence-corrected chi connectivity index (χ1v) is 8.40. The van der Waals surface area contributed by atoms with Crippen LogP contribution in [0.1, 0.15) is 35.9 Å². The highest BCUT2D eigenvalue weighted by molar-refractivity contribution is 7.97. The molecule has 4 nitrogen and oxygen atoms in total. The summed E-state index contributed by atoms with van der Waals surface area (Å²) in [5.74, 6) is 0.706. The third-order valence-corrected chi connectivity index (χ3v) is 5.34. The second-order valence-corrected chi connectivity index (χ2v) is 7.08. The number of piperidine rings is 1. The zero-order valence-corrected chi connectivity index (χ0v) is 14.0. The number of carbonyl (C=O) groups excluding carboxylic acids is 1.